The third kappa shape index (κ3) is 6.33. The number of nitrogen functional groups attached to an aromatic ring is 1. The number of nitrogens with two attached hydrogens (primary N) is 2. The number of aromatic nitrogens is 4. The molecule has 1 atom stereocenters. The van der Waals surface area contributed by atoms with Crippen LogP contribution < -0.4 is 16.4 Å². The quantitative estimate of drug-likeness (QED) is 0.128. The summed E-state index contributed by atoms with van der Waals surface area (Å²) >= 11 is 12.7. The molecule has 5 rings (SSSR count). The number of anilines is 2. The number of halogens is 2. The van der Waals surface area contributed by atoms with Gasteiger partial charge in [0, 0.05) is 48.8 Å². The van der Waals surface area contributed by atoms with Crippen LogP contribution in [0.25, 0.3) is 11.6 Å². The summed E-state index contributed by atoms with van der Waals surface area (Å²) in [6.45, 7) is 6.79. The van der Waals surface area contributed by atoms with E-state index in [9.17, 15) is 10.3 Å². The first-order valence-corrected chi connectivity index (χ1v) is 14.3. The Morgan fingerprint density at radius 1 is 1.15 bits per heavy atom. The first-order chi connectivity index (χ1) is 19.8. The molecule has 2 saturated heterocycles. The molecule has 0 bridgehead atoms. The van der Waals surface area contributed by atoms with Crippen LogP contribution in [0.2, 0.25) is 10.2 Å². The molecule has 0 saturated carbocycles. The molecule has 3 aromatic rings. The minimum Gasteiger partial charge on any atom is -0.417 e. The fourth-order valence-corrected chi connectivity index (χ4v) is 6.14. The van der Waals surface area contributed by atoms with E-state index in [0.29, 0.717) is 35.0 Å². The molecular formula is C26H34Cl2N10O3. The van der Waals surface area contributed by atoms with Crippen LogP contribution in [0.3, 0.4) is 0 Å². The van der Waals surface area contributed by atoms with Crippen molar-refractivity contribution in [2.75, 3.05) is 43.4 Å². The molecule has 2 fully saturated rings. The zero-order valence-corrected chi connectivity index (χ0v) is 24.3. The Kier molecular flexibility index (Phi) is 9.09. The van der Waals surface area contributed by atoms with E-state index in [1.54, 1.807) is 6.07 Å². The summed E-state index contributed by atoms with van der Waals surface area (Å²) < 4.78 is 5.36. The Morgan fingerprint density at radius 2 is 1.93 bits per heavy atom. The predicted octanol–water partition coefficient (Wildman–Crippen LogP) is 2.57. The molecule has 2 aliphatic heterocycles. The van der Waals surface area contributed by atoms with Crippen LogP contribution in [0.5, 0.6) is 0 Å². The van der Waals surface area contributed by atoms with Gasteiger partial charge < -0.3 is 31.1 Å². The fourth-order valence-electron chi connectivity index (χ4n) is 5.73. The van der Waals surface area contributed by atoms with E-state index in [2.05, 4.69) is 46.9 Å². The van der Waals surface area contributed by atoms with Crippen molar-refractivity contribution in [3.63, 3.8) is 0 Å². The van der Waals surface area contributed by atoms with Crippen molar-refractivity contribution in [1.29, 1.82) is 0 Å². The van der Waals surface area contributed by atoms with Gasteiger partial charge in [-0.2, -0.15) is 0 Å². The third-order valence-corrected chi connectivity index (χ3v) is 8.33. The fraction of sp³-hybridized carbons (Fsp3) is 0.500. The lowest BCUT2D eigenvalue weighted by molar-refractivity contribution is 0.0610. The van der Waals surface area contributed by atoms with Crippen molar-refractivity contribution in [3.05, 3.63) is 45.4 Å². The van der Waals surface area contributed by atoms with Crippen LogP contribution in [0.1, 0.15) is 43.2 Å². The van der Waals surface area contributed by atoms with Crippen LogP contribution >= 0.6 is 23.2 Å². The topological polar surface area (TPSA) is 179 Å². The van der Waals surface area contributed by atoms with Crippen molar-refractivity contribution >= 4 is 40.7 Å². The summed E-state index contributed by atoms with van der Waals surface area (Å²) in [6.07, 6.45) is 3.07. The maximum atomic E-state index is 9.20. The Balaban J connectivity index is 1.22. The van der Waals surface area contributed by atoms with Crippen LogP contribution in [0.4, 0.5) is 11.6 Å². The summed E-state index contributed by atoms with van der Waals surface area (Å²) in [5, 5.41) is 29.9. The van der Waals surface area contributed by atoms with Gasteiger partial charge in [0.1, 0.15) is 6.61 Å². The number of hydrogen-bond donors (Lipinski definition) is 4. The number of aliphatic hydroxyl groups is 1. The summed E-state index contributed by atoms with van der Waals surface area (Å²) in [5.41, 5.74) is 13.9. The SMILES string of the molecule is CC[C@H]1CN(c2nc(N)c(-c3nnc(CO)o3)nc2Cl)CCN1C1CCN(Cc2ccc(Cl)cc2/C(N)=N\O)CC1. The first kappa shape index (κ1) is 29.3. The second kappa shape index (κ2) is 12.7. The summed E-state index contributed by atoms with van der Waals surface area (Å²) in [5.74, 6) is 0.855. The van der Waals surface area contributed by atoms with Crippen molar-refractivity contribution in [1.82, 2.24) is 30.0 Å². The molecule has 1 aromatic carbocycles. The summed E-state index contributed by atoms with van der Waals surface area (Å²) in [6, 6.07) is 6.30. The predicted molar refractivity (Wildman–Crippen MR) is 156 cm³/mol. The number of benzene rings is 1. The van der Waals surface area contributed by atoms with Gasteiger partial charge in [-0.15, -0.1) is 10.2 Å². The van der Waals surface area contributed by atoms with Crippen molar-refractivity contribution in [2.24, 2.45) is 10.9 Å². The Bertz CT molecular complexity index is 1400. The smallest absolute Gasteiger partial charge is 0.270 e. The molecule has 6 N–H and O–H groups in total. The van der Waals surface area contributed by atoms with Gasteiger partial charge in [-0.25, -0.2) is 9.97 Å². The number of oxime groups is 1. The monoisotopic (exact) mass is 604 g/mol. The van der Waals surface area contributed by atoms with Crippen LogP contribution in [-0.4, -0.2) is 90.9 Å². The zero-order valence-electron chi connectivity index (χ0n) is 22.7. The van der Waals surface area contributed by atoms with Gasteiger partial charge in [-0.3, -0.25) is 9.80 Å². The minimum absolute atomic E-state index is 0.0599. The van der Waals surface area contributed by atoms with E-state index in [1.165, 1.54) is 0 Å². The number of rotatable bonds is 8. The molecule has 2 aromatic heterocycles. The van der Waals surface area contributed by atoms with Gasteiger partial charge >= 0.3 is 0 Å². The number of piperazine rings is 1. The number of hydrogen-bond acceptors (Lipinski definition) is 12. The molecule has 2 aliphatic rings. The van der Waals surface area contributed by atoms with E-state index < -0.39 is 0 Å². The number of amidine groups is 1. The average molecular weight is 606 g/mol. The summed E-state index contributed by atoms with van der Waals surface area (Å²) in [7, 11) is 0. The molecule has 0 spiro atoms. The van der Waals surface area contributed by atoms with Crippen molar-refractivity contribution in [3.8, 4) is 11.6 Å². The first-order valence-electron chi connectivity index (χ1n) is 13.6. The number of aliphatic hydroxyl groups excluding tert-OH is 1. The van der Waals surface area contributed by atoms with Crippen LogP contribution in [0.15, 0.2) is 27.8 Å². The normalized spacial score (nSPS) is 19.7. The van der Waals surface area contributed by atoms with Gasteiger partial charge in [0.25, 0.3) is 5.89 Å². The Hall–Kier alpha value is -3.23. The van der Waals surface area contributed by atoms with Crippen molar-refractivity contribution < 1.29 is 14.7 Å². The third-order valence-electron chi connectivity index (χ3n) is 7.84. The molecule has 0 amide bonds. The second-order valence-electron chi connectivity index (χ2n) is 10.3. The van der Waals surface area contributed by atoms with E-state index in [0.717, 1.165) is 57.5 Å². The van der Waals surface area contributed by atoms with Gasteiger partial charge in [-0.05, 0) is 50.0 Å². The van der Waals surface area contributed by atoms with E-state index in [-0.39, 0.29) is 40.9 Å². The molecule has 0 aliphatic carbocycles. The van der Waals surface area contributed by atoms with Gasteiger partial charge in [0.15, 0.2) is 28.3 Å². The molecule has 15 heteroatoms. The highest BCUT2D eigenvalue weighted by Crippen LogP contribution is 2.32. The molecule has 41 heavy (non-hydrogen) atoms. The van der Waals surface area contributed by atoms with E-state index >= 15 is 0 Å². The maximum absolute atomic E-state index is 9.20. The molecular weight excluding hydrogens is 571 g/mol. The Labute approximate surface area is 247 Å². The number of likely N-dealkylation sites (tertiary alicyclic amines) is 1. The number of piperidine rings is 1. The van der Waals surface area contributed by atoms with Gasteiger partial charge in [0.05, 0.1) is 0 Å². The van der Waals surface area contributed by atoms with Crippen molar-refractivity contribution in [2.45, 2.75) is 51.4 Å². The lowest BCUT2D eigenvalue weighted by Gasteiger charge is -2.47. The molecule has 13 nitrogen and oxygen atoms in total. The summed E-state index contributed by atoms with van der Waals surface area (Å²) in [4.78, 5) is 16.1. The van der Waals surface area contributed by atoms with Crippen LogP contribution in [0, 0.1) is 0 Å². The lowest BCUT2D eigenvalue weighted by Crippen LogP contribution is -2.58. The average Bonchev–Trinajstić information content (AvgIpc) is 3.48. The Morgan fingerprint density at radius 3 is 2.61 bits per heavy atom. The molecule has 0 unspecified atom stereocenters. The highest BCUT2D eigenvalue weighted by atomic mass is 35.5. The zero-order chi connectivity index (χ0) is 29.1. The maximum Gasteiger partial charge on any atom is 0.270 e. The second-order valence-corrected chi connectivity index (χ2v) is 11.1. The minimum atomic E-state index is -0.383. The lowest BCUT2D eigenvalue weighted by atomic mass is 9.97. The van der Waals surface area contributed by atoms with Crippen LogP contribution in [-0.2, 0) is 13.2 Å². The van der Waals surface area contributed by atoms with E-state index in [4.69, 9.17) is 39.1 Å². The number of nitrogens with zero attached hydrogens (tertiary/aromatic N) is 8. The molecule has 4 heterocycles. The van der Waals surface area contributed by atoms with Gasteiger partial charge in [0.2, 0.25) is 5.89 Å². The molecule has 0 radical (unpaired) electrons. The van der Waals surface area contributed by atoms with Gasteiger partial charge in [-0.1, -0.05) is 41.3 Å². The highest BCUT2D eigenvalue weighted by Gasteiger charge is 2.34. The largest absolute Gasteiger partial charge is 0.417 e. The van der Waals surface area contributed by atoms with E-state index in [1.807, 2.05) is 12.1 Å². The standard InChI is InChI=1S/C26H34Cl2N10O3/c1-2-17-13-37(25-22(28)31-21(24(30)32-25)26-34-33-20(14-39)41-26)9-10-38(17)18-5-7-36(8-6-18)12-15-3-4-16(27)11-19(15)23(29)35-40/h3-4,11,17-18,39-40H,2,5-10,12-14H2,1H3,(H2,29,35)(H2,30,32)/t17-/m0/s1. The highest BCUT2D eigenvalue weighted by molar-refractivity contribution is 6.32. The molecule has 220 valence electrons.